The van der Waals surface area contributed by atoms with Gasteiger partial charge in [0.2, 0.25) is 5.91 Å². The topological polar surface area (TPSA) is 79.0 Å². The summed E-state index contributed by atoms with van der Waals surface area (Å²) < 4.78 is 13.8. The Kier molecular flexibility index (Phi) is 4.97. The number of nitrogens with zero attached hydrogens (tertiary/aromatic N) is 3. The van der Waals surface area contributed by atoms with E-state index in [9.17, 15) is 14.0 Å². The summed E-state index contributed by atoms with van der Waals surface area (Å²) in [5.74, 6) is -1.29. The zero-order valence-electron chi connectivity index (χ0n) is 14.3. The lowest BCUT2D eigenvalue weighted by Gasteiger charge is -2.20. The molecule has 6 nitrogen and oxygen atoms in total. The van der Waals surface area contributed by atoms with E-state index in [4.69, 9.17) is 5.73 Å². The van der Waals surface area contributed by atoms with Crippen LogP contribution in [0.3, 0.4) is 0 Å². The Hall–Kier alpha value is -3.22. The summed E-state index contributed by atoms with van der Waals surface area (Å²) in [7, 11) is 1.57. The predicted octanol–water partition coefficient (Wildman–Crippen LogP) is 1.90. The lowest BCUT2D eigenvalue weighted by atomic mass is 10.1. The first-order valence-corrected chi connectivity index (χ1v) is 8.17. The van der Waals surface area contributed by atoms with Crippen LogP contribution in [0.5, 0.6) is 0 Å². The van der Waals surface area contributed by atoms with Crippen molar-refractivity contribution in [2.24, 2.45) is 10.8 Å². The van der Waals surface area contributed by atoms with Gasteiger partial charge >= 0.3 is 0 Å². The molecule has 2 amide bonds. The van der Waals surface area contributed by atoms with Crippen LogP contribution in [-0.2, 0) is 16.1 Å². The number of nitrogens with two attached hydrogens (primary N) is 1. The molecule has 2 aromatic carbocycles. The zero-order chi connectivity index (χ0) is 18.7. The molecule has 3 rings (SSSR count). The second-order valence-corrected chi connectivity index (χ2v) is 6.10. The molecule has 0 saturated heterocycles. The Morgan fingerprint density at radius 2 is 1.85 bits per heavy atom. The Morgan fingerprint density at radius 1 is 1.19 bits per heavy atom. The summed E-state index contributed by atoms with van der Waals surface area (Å²) in [6.07, 6.45) is 0.116. The molecular formula is C19H19FN4O2. The molecular weight excluding hydrogens is 335 g/mol. The highest BCUT2D eigenvalue weighted by molar-refractivity contribution is 6.40. The highest BCUT2D eigenvalue weighted by Gasteiger charge is 2.35. The summed E-state index contributed by atoms with van der Waals surface area (Å²) in [6.45, 7) is 0.108. The van der Waals surface area contributed by atoms with Gasteiger partial charge in [0.25, 0.3) is 5.91 Å². The van der Waals surface area contributed by atoms with Gasteiger partial charge in [0.15, 0.2) is 0 Å². The lowest BCUT2D eigenvalue weighted by Crippen LogP contribution is -2.40. The average molecular weight is 354 g/mol. The highest BCUT2D eigenvalue weighted by Crippen LogP contribution is 2.25. The summed E-state index contributed by atoms with van der Waals surface area (Å²) in [5, 5.41) is 5.78. The Balaban J connectivity index is 1.80. The molecule has 1 aliphatic heterocycles. The first-order valence-electron chi connectivity index (χ1n) is 8.17. The highest BCUT2D eigenvalue weighted by atomic mass is 19.1. The Bertz CT molecular complexity index is 854. The third kappa shape index (κ3) is 3.56. The maximum Gasteiger partial charge on any atom is 0.270 e. The SMILES string of the molecule is CN(Cc1ccccc1F)C(=O)C1=NN(c2ccccc2)C(C(N)=O)C1. The maximum atomic E-state index is 13.8. The number of hydrogen-bond acceptors (Lipinski definition) is 4. The standard InChI is InChI=1S/C19H19FN4O2/c1-23(12-13-7-5-6-10-15(13)20)19(26)16-11-17(18(21)25)24(22-16)14-8-3-2-4-9-14/h2-10,17H,11-12H2,1H3,(H2,21,25). The summed E-state index contributed by atoms with van der Waals surface area (Å²) in [4.78, 5) is 25.9. The molecule has 26 heavy (non-hydrogen) atoms. The first kappa shape index (κ1) is 17.6. The first-order chi connectivity index (χ1) is 12.5. The lowest BCUT2D eigenvalue weighted by molar-refractivity contribution is -0.123. The summed E-state index contributed by atoms with van der Waals surface area (Å²) in [6, 6.07) is 14.6. The van der Waals surface area contributed by atoms with Crippen molar-refractivity contribution in [2.75, 3.05) is 12.1 Å². The predicted molar refractivity (Wildman–Crippen MR) is 96.8 cm³/mol. The molecule has 0 radical (unpaired) electrons. The largest absolute Gasteiger partial charge is 0.368 e. The Labute approximate surface area is 150 Å². The third-order valence-electron chi connectivity index (χ3n) is 4.22. The number of amides is 2. The quantitative estimate of drug-likeness (QED) is 0.891. The van der Waals surface area contributed by atoms with Crippen molar-refractivity contribution in [1.82, 2.24) is 4.90 Å². The molecule has 0 spiro atoms. The number of carbonyl (C=O) groups is 2. The van der Waals surface area contributed by atoms with Gasteiger partial charge in [-0.3, -0.25) is 14.6 Å². The maximum absolute atomic E-state index is 13.8. The van der Waals surface area contributed by atoms with E-state index in [0.717, 1.165) is 0 Å². The molecule has 1 unspecified atom stereocenters. The molecule has 0 saturated carbocycles. The molecule has 1 heterocycles. The second kappa shape index (κ2) is 7.35. The van der Waals surface area contributed by atoms with E-state index in [0.29, 0.717) is 11.3 Å². The van der Waals surface area contributed by atoms with Crippen molar-refractivity contribution in [3.63, 3.8) is 0 Å². The Morgan fingerprint density at radius 3 is 2.50 bits per heavy atom. The van der Waals surface area contributed by atoms with Gasteiger partial charge < -0.3 is 10.6 Å². The van der Waals surface area contributed by atoms with Crippen LogP contribution in [0.1, 0.15) is 12.0 Å². The fourth-order valence-electron chi connectivity index (χ4n) is 2.85. The minimum atomic E-state index is -0.724. The van der Waals surface area contributed by atoms with Crippen molar-refractivity contribution in [1.29, 1.82) is 0 Å². The zero-order valence-corrected chi connectivity index (χ0v) is 14.3. The third-order valence-corrected chi connectivity index (χ3v) is 4.22. The number of halogens is 1. The van der Waals surface area contributed by atoms with Gasteiger partial charge in [-0.2, -0.15) is 5.10 Å². The van der Waals surface area contributed by atoms with Crippen molar-refractivity contribution in [2.45, 2.75) is 19.0 Å². The van der Waals surface area contributed by atoms with Crippen LogP contribution in [0.15, 0.2) is 59.7 Å². The molecule has 0 aliphatic carbocycles. The molecule has 2 aromatic rings. The van der Waals surface area contributed by atoms with Gasteiger partial charge in [0, 0.05) is 25.6 Å². The van der Waals surface area contributed by atoms with Crippen molar-refractivity contribution in [3.05, 3.63) is 66.0 Å². The molecule has 0 bridgehead atoms. The normalized spacial score (nSPS) is 16.3. The van der Waals surface area contributed by atoms with E-state index in [-0.39, 0.29) is 30.4 Å². The van der Waals surface area contributed by atoms with Crippen molar-refractivity contribution < 1.29 is 14.0 Å². The van der Waals surface area contributed by atoms with Crippen LogP contribution in [0.4, 0.5) is 10.1 Å². The molecule has 1 atom stereocenters. The van der Waals surface area contributed by atoms with Gasteiger partial charge in [-0.1, -0.05) is 36.4 Å². The number of rotatable bonds is 5. The van der Waals surface area contributed by atoms with E-state index < -0.39 is 11.9 Å². The number of para-hydroxylation sites is 1. The van der Waals surface area contributed by atoms with Crippen LogP contribution < -0.4 is 10.7 Å². The van der Waals surface area contributed by atoms with Crippen LogP contribution in [0.25, 0.3) is 0 Å². The van der Waals surface area contributed by atoms with Gasteiger partial charge in [-0.05, 0) is 18.2 Å². The van der Waals surface area contributed by atoms with E-state index in [2.05, 4.69) is 5.10 Å². The summed E-state index contributed by atoms with van der Waals surface area (Å²) >= 11 is 0. The second-order valence-electron chi connectivity index (χ2n) is 6.10. The van der Waals surface area contributed by atoms with Crippen LogP contribution >= 0.6 is 0 Å². The number of benzene rings is 2. The van der Waals surface area contributed by atoms with Crippen LogP contribution in [0, 0.1) is 5.82 Å². The average Bonchev–Trinajstić information content (AvgIpc) is 3.09. The molecule has 2 N–H and O–H groups in total. The number of carbonyl (C=O) groups excluding carboxylic acids is 2. The summed E-state index contributed by atoms with van der Waals surface area (Å²) in [5.41, 5.74) is 6.79. The van der Waals surface area contributed by atoms with E-state index in [1.807, 2.05) is 18.2 Å². The molecule has 134 valence electrons. The van der Waals surface area contributed by atoms with Crippen molar-refractivity contribution in [3.8, 4) is 0 Å². The molecule has 0 fully saturated rings. The minimum Gasteiger partial charge on any atom is -0.368 e. The smallest absolute Gasteiger partial charge is 0.270 e. The van der Waals surface area contributed by atoms with Crippen LogP contribution in [0.2, 0.25) is 0 Å². The van der Waals surface area contributed by atoms with Crippen molar-refractivity contribution >= 4 is 23.2 Å². The number of hydrazone groups is 1. The molecule has 7 heteroatoms. The molecule has 1 aliphatic rings. The van der Waals surface area contributed by atoms with E-state index in [1.165, 1.54) is 16.0 Å². The van der Waals surface area contributed by atoms with Gasteiger partial charge in [0.1, 0.15) is 17.6 Å². The van der Waals surface area contributed by atoms with Crippen LogP contribution in [-0.4, -0.2) is 35.5 Å². The minimum absolute atomic E-state index is 0.108. The van der Waals surface area contributed by atoms with E-state index >= 15 is 0 Å². The number of primary amides is 1. The fourth-order valence-corrected chi connectivity index (χ4v) is 2.85. The van der Waals surface area contributed by atoms with E-state index in [1.54, 1.807) is 37.4 Å². The van der Waals surface area contributed by atoms with Gasteiger partial charge in [-0.15, -0.1) is 0 Å². The van der Waals surface area contributed by atoms with Gasteiger partial charge in [-0.25, -0.2) is 4.39 Å². The molecule has 0 aromatic heterocycles. The fraction of sp³-hybridized carbons (Fsp3) is 0.211. The number of hydrogen-bond donors (Lipinski definition) is 1. The number of anilines is 1. The monoisotopic (exact) mass is 354 g/mol. The van der Waals surface area contributed by atoms with Gasteiger partial charge in [0.05, 0.1) is 5.69 Å².